The zero-order valence-corrected chi connectivity index (χ0v) is 21.3. The lowest BCUT2D eigenvalue weighted by Gasteiger charge is -2.36. The quantitative estimate of drug-likeness (QED) is 0.429. The third kappa shape index (κ3) is 4.95. The Bertz CT molecular complexity index is 1330. The van der Waals surface area contributed by atoms with Crippen LogP contribution in [0.2, 0.25) is 5.02 Å². The van der Waals surface area contributed by atoms with Gasteiger partial charge >= 0.3 is 0 Å². The fourth-order valence-electron chi connectivity index (χ4n) is 4.46. The van der Waals surface area contributed by atoms with Crippen LogP contribution in [0.15, 0.2) is 76.5 Å². The maximum atomic E-state index is 13.3. The molecule has 0 atom stereocenters. The van der Waals surface area contributed by atoms with Gasteiger partial charge in [0.05, 0.1) is 10.6 Å². The molecule has 2 aliphatic rings. The molecule has 178 valence electrons. The fraction of sp³-hybridized carbons (Fsp3) is 0.214. The Morgan fingerprint density at radius 3 is 2.49 bits per heavy atom. The monoisotopic (exact) mass is 503 g/mol. The molecule has 0 bridgehead atoms. The second-order valence-electron chi connectivity index (χ2n) is 8.83. The van der Waals surface area contributed by atoms with E-state index in [1.54, 1.807) is 11.9 Å². The molecule has 5 rings (SSSR count). The van der Waals surface area contributed by atoms with Gasteiger partial charge in [0.1, 0.15) is 0 Å². The number of amides is 2. The van der Waals surface area contributed by atoms with Gasteiger partial charge in [0, 0.05) is 54.4 Å². The predicted octanol–water partition coefficient (Wildman–Crippen LogP) is 5.72. The van der Waals surface area contributed by atoms with E-state index in [9.17, 15) is 9.59 Å². The number of likely N-dealkylation sites (N-methyl/N-ethyl adjacent to an activating group) is 1. The molecule has 2 amide bonds. The van der Waals surface area contributed by atoms with E-state index in [1.807, 2.05) is 78.6 Å². The Labute approximate surface area is 215 Å². The Morgan fingerprint density at radius 1 is 0.971 bits per heavy atom. The lowest BCUT2D eigenvalue weighted by atomic mass is 10.1. The van der Waals surface area contributed by atoms with Gasteiger partial charge in [-0.15, -0.1) is 0 Å². The van der Waals surface area contributed by atoms with Crippen LogP contribution in [0.5, 0.6) is 0 Å². The van der Waals surface area contributed by atoms with Crippen LogP contribution in [0.4, 0.5) is 11.4 Å². The molecule has 0 spiro atoms. The number of fused-ring (bicyclic) bond motifs is 1. The largest absolute Gasteiger partial charge is 0.368 e. The summed E-state index contributed by atoms with van der Waals surface area (Å²) in [5.41, 5.74) is 4.60. The lowest BCUT2D eigenvalue weighted by Crippen LogP contribution is -2.48. The molecule has 0 saturated carbocycles. The third-order valence-corrected chi connectivity index (χ3v) is 7.70. The Hall–Kier alpha value is -3.22. The first-order valence-corrected chi connectivity index (χ1v) is 12.8. The minimum atomic E-state index is -0.0660. The second-order valence-corrected chi connectivity index (χ2v) is 10.4. The van der Waals surface area contributed by atoms with Crippen molar-refractivity contribution in [3.05, 3.63) is 93.3 Å². The van der Waals surface area contributed by atoms with Crippen LogP contribution in [-0.4, -0.2) is 49.9 Å². The summed E-state index contributed by atoms with van der Waals surface area (Å²) in [7, 11) is 1.77. The summed E-state index contributed by atoms with van der Waals surface area (Å²) in [6.45, 7) is 4.80. The van der Waals surface area contributed by atoms with Gasteiger partial charge in [-0.2, -0.15) is 0 Å². The minimum Gasteiger partial charge on any atom is -0.368 e. The molecule has 35 heavy (non-hydrogen) atoms. The van der Waals surface area contributed by atoms with Gasteiger partial charge in [-0.3, -0.25) is 9.59 Å². The van der Waals surface area contributed by atoms with E-state index >= 15 is 0 Å². The summed E-state index contributed by atoms with van der Waals surface area (Å²) in [6, 6.07) is 21.5. The second kappa shape index (κ2) is 9.80. The normalized spacial score (nSPS) is 17.1. The molecule has 7 heteroatoms. The lowest BCUT2D eigenvalue weighted by molar-refractivity contribution is -0.114. The summed E-state index contributed by atoms with van der Waals surface area (Å²) in [5.74, 6) is -0.0748. The van der Waals surface area contributed by atoms with Crippen LogP contribution in [0.3, 0.4) is 0 Å². The molecule has 0 N–H and O–H groups in total. The maximum absolute atomic E-state index is 13.3. The average molecular weight is 504 g/mol. The smallest absolute Gasteiger partial charge is 0.264 e. The molecular weight excluding hydrogens is 478 g/mol. The van der Waals surface area contributed by atoms with Gasteiger partial charge < -0.3 is 14.7 Å². The zero-order chi connectivity index (χ0) is 24.5. The number of rotatable bonds is 3. The van der Waals surface area contributed by atoms with Crippen molar-refractivity contribution in [1.82, 2.24) is 4.90 Å². The van der Waals surface area contributed by atoms with Crippen molar-refractivity contribution >= 4 is 52.6 Å². The molecule has 0 unspecified atom stereocenters. The van der Waals surface area contributed by atoms with Crippen molar-refractivity contribution in [3.63, 3.8) is 0 Å². The molecule has 0 aromatic heterocycles. The molecular formula is C28H26ClN3O2S. The van der Waals surface area contributed by atoms with Crippen LogP contribution in [-0.2, 0) is 4.79 Å². The van der Waals surface area contributed by atoms with Crippen LogP contribution >= 0.6 is 23.4 Å². The van der Waals surface area contributed by atoms with Crippen LogP contribution in [0, 0.1) is 6.92 Å². The van der Waals surface area contributed by atoms with Crippen molar-refractivity contribution in [1.29, 1.82) is 0 Å². The minimum absolute atomic E-state index is 0.00880. The summed E-state index contributed by atoms with van der Waals surface area (Å²) in [5, 5.41) is 0.712. The summed E-state index contributed by atoms with van der Waals surface area (Å²) in [6.07, 6.45) is 1.93. The molecule has 0 aliphatic carbocycles. The van der Waals surface area contributed by atoms with Crippen LogP contribution in [0.1, 0.15) is 21.5 Å². The highest BCUT2D eigenvalue weighted by Gasteiger charge is 2.29. The van der Waals surface area contributed by atoms with E-state index in [0.717, 1.165) is 40.5 Å². The first kappa shape index (κ1) is 23.5. The summed E-state index contributed by atoms with van der Waals surface area (Å²) < 4.78 is 0. The highest BCUT2D eigenvalue weighted by molar-refractivity contribution is 8.04. The van der Waals surface area contributed by atoms with Crippen molar-refractivity contribution in [2.45, 2.75) is 11.8 Å². The Balaban J connectivity index is 1.31. The fourth-order valence-corrected chi connectivity index (χ4v) is 5.74. The van der Waals surface area contributed by atoms with Gasteiger partial charge in [-0.05, 0) is 55.0 Å². The Kier molecular flexibility index (Phi) is 6.58. The van der Waals surface area contributed by atoms with E-state index in [-0.39, 0.29) is 11.8 Å². The summed E-state index contributed by atoms with van der Waals surface area (Å²) >= 11 is 7.59. The highest BCUT2D eigenvalue weighted by Crippen LogP contribution is 2.42. The van der Waals surface area contributed by atoms with Gasteiger partial charge in [0.25, 0.3) is 11.8 Å². The highest BCUT2D eigenvalue weighted by atomic mass is 35.5. The maximum Gasteiger partial charge on any atom is 0.264 e. The van der Waals surface area contributed by atoms with E-state index in [2.05, 4.69) is 11.0 Å². The Morgan fingerprint density at radius 2 is 1.74 bits per heavy atom. The van der Waals surface area contributed by atoms with Gasteiger partial charge in [0.15, 0.2) is 0 Å². The van der Waals surface area contributed by atoms with E-state index in [1.165, 1.54) is 11.8 Å². The molecule has 2 heterocycles. The van der Waals surface area contributed by atoms with E-state index in [4.69, 9.17) is 11.6 Å². The first-order valence-electron chi connectivity index (χ1n) is 11.6. The number of piperazine rings is 1. The number of benzene rings is 3. The molecule has 1 fully saturated rings. The van der Waals surface area contributed by atoms with E-state index < -0.39 is 0 Å². The number of thioether (sulfide) groups is 1. The van der Waals surface area contributed by atoms with Gasteiger partial charge in [-0.1, -0.05) is 59.3 Å². The number of carbonyl (C=O) groups excluding carboxylic acids is 2. The van der Waals surface area contributed by atoms with Gasteiger partial charge in [-0.25, -0.2) is 0 Å². The number of hydrogen-bond acceptors (Lipinski definition) is 4. The first-order chi connectivity index (χ1) is 16.9. The van der Waals surface area contributed by atoms with Crippen molar-refractivity contribution < 1.29 is 9.59 Å². The number of halogens is 1. The molecule has 3 aromatic rings. The summed E-state index contributed by atoms with van der Waals surface area (Å²) in [4.78, 5) is 33.8. The van der Waals surface area contributed by atoms with Gasteiger partial charge in [0.2, 0.25) is 0 Å². The predicted molar refractivity (Wildman–Crippen MR) is 144 cm³/mol. The topological polar surface area (TPSA) is 43.9 Å². The standard InChI is InChI=1S/C28H26ClN3O2S/c1-19-5-3-6-20(15-19)16-26-28(34)30(2)24-17-21(9-10-25(24)35-26)27(33)32-13-11-31(12-14-32)23-8-4-7-22(29)18-23/h3-10,15-18H,11-14H2,1-2H3/b26-16-. The van der Waals surface area contributed by atoms with Crippen molar-refractivity contribution in [2.24, 2.45) is 0 Å². The van der Waals surface area contributed by atoms with Crippen LogP contribution < -0.4 is 9.80 Å². The molecule has 3 aromatic carbocycles. The van der Waals surface area contributed by atoms with E-state index in [0.29, 0.717) is 28.6 Å². The molecule has 5 nitrogen and oxygen atoms in total. The average Bonchev–Trinajstić information content (AvgIpc) is 2.87. The zero-order valence-electron chi connectivity index (χ0n) is 19.7. The number of aryl methyl sites for hydroxylation is 1. The molecule has 1 saturated heterocycles. The number of hydrogen-bond donors (Lipinski definition) is 0. The van der Waals surface area contributed by atoms with Crippen molar-refractivity contribution in [2.75, 3.05) is 43.0 Å². The third-order valence-electron chi connectivity index (χ3n) is 6.38. The van der Waals surface area contributed by atoms with Crippen molar-refractivity contribution in [3.8, 4) is 0 Å². The molecule has 2 aliphatic heterocycles. The number of anilines is 2. The molecule has 0 radical (unpaired) electrons. The van der Waals surface area contributed by atoms with Crippen LogP contribution in [0.25, 0.3) is 6.08 Å². The number of carbonyl (C=O) groups is 2. The SMILES string of the molecule is Cc1cccc(/C=C2\Sc3ccc(C(=O)N4CCN(c5cccc(Cl)c5)CC4)cc3N(C)C2=O)c1. The number of nitrogens with zero attached hydrogens (tertiary/aromatic N) is 3.